The van der Waals surface area contributed by atoms with Gasteiger partial charge in [0.25, 0.3) is 5.91 Å². The number of carboxylic acids is 2. The van der Waals surface area contributed by atoms with Crippen LogP contribution < -0.4 is 20.7 Å². The van der Waals surface area contributed by atoms with Crippen molar-refractivity contribution < 1.29 is 65.6 Å². The number of rotatable bonds is 13. The maximum atomic E-state index is 13.2. The third-order valence-electron chi connectivity index (χ3n) is 7.84. The van der Waals surface area contributed by atoms with Crippen LogP contribution in [0.1, 0.15) is 49.7 Å². The van der Waals surface area contributed by atoms with Crippen molar-refractivity contribution in [2.75, 3.05) is 44.6 Å². The highest BCUT2D eigenvalue weighted by Crippen LogP contribution is 2.39. The van der Waals surface area contributed by atoms with E-state index in [1.165, 1.54) is 19.3 Å². The fraction of sp³-hybridized carbons (Fsp3) is 0.515. The molecule has 4 rings (SSSR count). The largest absolute Gasteiger partial charge is 0.506 e. The van der Waals surface area contributed by atoms with E-state index in [-0.39, 0.29) is 24.2 Å². The number of amides is 2. The summed E-state index contributed by atoms with van der Waals surface area (Å²) in [5.41, 5.74) is 2.37. The molecule has 0 bridgehead atoms. The Labute approximate surface area is 310 Å². The molecule has 0 unspecified atom stereocenters. The lowest BCUT2D eigenvalue weighted by molar-refractivity contribution is -0.193. The molecule has 53 heavy (non-hydrogen) atoms. The van der Waals surface area contributed by atoms with Gasteiger partial charge in [-0.05, 0) is 68.1 Å². The fourth-order valence-electron chi connectivity index (χ4n) is 5.25. The first-order chi connectivity index (χ1) is 24.8. The Balaban J connectivity index is 0.000000587. The molecule has 2 aromatic rings. The summed E-state index contributed by atoms with van der Waals surface area (Å²) in [6.07, 6.45) is -2.47. The molecule has 0 saturated heterocycles. The zero-order valence-electron chi connectivity index (χ0n) is 28.2. The molecule has 2 aromatic carbocycles. The first-order valence-electron chi connectivity index (χ1n) is 16.3. The molecule has 20 heteroatoms. The van der Waals surface area contributed by atoms with Gasteiger partial charge in [0.15, 0.2) is 12.4 Å². The van der Waals surface area contributed by atoms with E-state index >= 15 is 0 Å². The second kappa shape index (κ2) is 21.6. The normalized spacial score (nSPS) is 14.3. The van der Waals surface area contributed by atoms with Crippen molar-refractivity contribution in [1.29, 1.82) is 0 Å². The van der Waals surface area contributed by atoms with Crippen molar-refractivity contribution in [3.8, 4) is 11.5 Å². The quantitative estimate of drug-likeness (QED) is 0.0823. The molecule has 0 spiro atoms. The van der Waals surface area contributed by atoms with Gasteiger partial charge in [0.1, 0.15) is 11.4 Å². The van der Waals surface area contributed by atoms with Gasteiger partial charge in [-0.3, -0.25) is 9.59 Å². The topological polar surface area (TPSA) is 178 Å². The van der Waals surface area contributed by atoms with Crippen LogP contribution in [0.5, 0.6) is 11.5 Å². The number of carbonyl (C=O) groups excluding carboxylic acids is 2. The number of phenols is 1. The molecule has 12 nitrogen and oxygen atoms in total. The van der Waals surface area contributed by atoms with E-state index in [0.29, 0.717) is 66.5 Å². The van der Waals surface area contributed by atoms with Crippen molar-refractivity contribution >= 4 is 52.6 Å². The number of hydrogen-bond donors (Lipinski definition) is 6. The van der Waals surface area contributed by atoms with E-state index in [1.54, 1.807) is 6.07 Å². The first kappa shape index (κ1) is 45.2. The molecule has 1 aliphatic carbocycles. The summed E-state index contributed by atoms with van der Waals surface area (Å²) in [6, 6.07) is 9.37. The molecule has 2 amide bonds. The zero-order valence-corrected chi connectivity index (χ0v) is 29.7. The number of halogens is 8. The SMILES string of the molecule is O=C(O)C(F)(F)F.O=C(O)C(F)(F)F.O=C1COc2c(CCNCCN(C(=O)CCNCCc3ccc(Cl)c(Cl)c3)C3CCCCC3)ccc(O)c2N1. The van der Waals surface area contributed by atoms with Gasteiger partial charge in [-0.2, -0.15) is 26.3 Å². The summed E-state index contributed by atoms with van der Waals surface area (Å²) in [7, 11) is 0. The number of anilines is 1. The molecule has 0 radical (unpaired) electrons. The highest BCUT2D eigenvalue weighted by atomic mass is 35.5. The average Bonchev–Trinajstić information content (AvgIpc) is 3.08. The van der Waals surface area contributed by atoms with Crippen LogP contribution in [0, 0.1) is 0 Å². The van der Waals surface area contributed by atoms with Gasteiger partial charge in [-0.25, -0.2) is 9.59 Å². The molecular formula is C33H40Cl2F6N4O8. The molecule has 0 atom stereocenters. The summed E-state index contributed by atoms with van der Waals surface area (Å²) in [4.78, 5) is 44.7. The number of carboxylic acid groups (broad SMARTS) is 2. The molecule has 2 aliphatic rings. The number of aliphatic carboxylic acids is 2. The number of hydrogen-bond acceptors (Lipinski definition) is 8. The van der Waals surface area contributed by atoms with Gasteiger partial charge < -0.3 is 40.9 Å². The number of phenolic OH excluding ortho intramolecular Hbond substituents is 1. The lowest BCUT2D eigenvalue weighted by atomic mass is 9.94. The molecule has 0 aromatic heterocycles. The standard InChI is InChI=1S/C29H38Cl2N4O4.2C2HF3O2/c30-23-8-6-20(18-24(23)31)10-13-32-15-12-27(38)35(22-4-2-1-3-5-22)17-16-33-14-11-21-7-9-25(36)28-29(21)39-19-26(37)34-28;2*3-2(4,5)1(6)7/h6-9,18,22,32-33,36H,1-5,10-17,19H2,(H,34,37);2*(H,6,7). The van der Waals surface area contributed by atoms with Crippen molar-refractivity contribution in [3.05, 3.63) is 51.5 Å². The Morgan fingerprint density at radius 2 is 1.43 bits per heavy atom. The summed E-state index contributed by atoms with van der Waals surface area (Å²) in [5.74, 6) is -5.06. The van der Waals surface area contributed by atoms with Gasteiger partial charge in [-0.15, -0.1) is 0 Å². The van der Waals surface area contributed by atoms with Crippen LogP contribution in [0.25, 0.3) is 0 Å². The molecular weight excluding hydrogens is 765 g/mol. The van der Waals surface area contributed by atoms with E-state index in [0.717, 1.165) is 36.9 Å². The van der Waals surface area contributed by atoms with Gasteiger partial charge in [0, 0.05) is 32.1 Å². The number of carbonyl (C=O) groups is 4. The van der Waals surface area contributed by atoms with E-state index in [9.17, 15) is 41.0 Å². The number of alkyl halides is 6. The summed E-state index contributed by atoms with van der Waals surface area (Å²) in [5, 5.41) is 34.9. The van der Waals surface area contributed by atoms with E-state index < -0.39 is 24.3 Å². The number of benzene rings is 2. The van der Waals surface area contributed by atoms with Crippen molar-refractivity contribution in [3.63, 3.8) is 0 Å². The monoisotopic (exact) mass is 804 g/mol. The Hall–Kier alpha value is -4.00. The minimum absolute atomic E-state index is 0.000242. The van der Waals surface area contributed by atoms with Crippen molar-refractivity contribution in [2.45, 2.75) is 69.8 Å². The Morgan fingerprint density at radius 1 is 0.849 bits per heavy atom. The predicted molar refractivity (Wildman–Crippen MR) is 182 cm³/mol. The van der Waals surface area contributed by atoms with Crippen LogP contribution in [0.2, 0.25) is 10.0 Å². The summed E-state index contributed by atoms with van der Waals surface area (Å²) >= 11 is 12.1. The fourth-order valence-corrected chi connectivity index (χ4v) is 5.57. The minimum Gasteiger partial charge on any atom is -0.506 e. The summed E-state index contributed by atoms with van der Waals surface area (Å²) in [6.45, 7) is 3.42. The molecule has 6 N–H and O–H groups in total. The molecule has 1 heterocycles. The van der Waals surface area contributed by atoms with Gasteiger partial charge in [0.2, 0.25) is 5.91 Å². The highest BCUT2D eigenvalue weighted by molar-refractivity contribution is 6.42. The third-order valence-corrected chi connectivity index (χ3v) is 8.58. The van der Waals surface area contributed by atoms with Crippen LogP contribution in [0.4, 0.5) is 32.0 Å². The third kappa shape index (κ3) is 16.3. The molecule has 1 fully saturated rings. The maximum absolute atomic E-state index is 13.2. The average molecular weight is 806 g/mol. The predicted octanol–water partition coefficient (Wildman–Crippen LogP) is 5.81. The van der Waals surface area contributed by atoms with Crippen molar-refractivity contribution in [2.24, 2.45) is 0 Å². The zero-order chi connectivity index (χ0) is 39.8. The lowest BCUT2D eigenvalue weighted by Crippen LogP contribution is -2.45. The van der Waals surface area contributed by atoms with Crippen molar-refractivity contribution in [1.82, 2.24) is 15.5 Å². The lowest BCUT2D eigenvalue weighted by Gasteiger charge is -2.34. The maximum Gasteiger partial charge on any atom is 0.490 e. The number of nitrogens with zero attached hydrogens (tertiary/aromatic N) is 1. The molecule has 296 valence electrons. The second-order valence-electron chi connectivity index (χ2n) is 11.8. The second-order valence-corrected chi connectivity index (χ2v) is 12.6. The smallest absolute Gasteiger partial charge is 0.490 e. The van der Waals surface area contributed by atoms with E-state index in [4.69, 9.17) is 47.7 Å². The van der Waals surface area contributed by atoms with E-state index in [2.05, 4.69) is 20.9 Å². The number of ether oxygens (including phenoxy) is 1. The number of nitrogens with one attached hydrogen (secondary N) is 3. The van der Waals surface area contributed by atoms with Crippen LogP contribution in [-0.4, -0.2) is 102 Å². The van der Waals surface area contributed by atoms with Crippen LogP contribution in [0.3, 0.4) is 0 Å². The Kier molecular flexibility index (Phi) is 18.4. The van der Waals surface area contributed by atoms with Gasteiger partial charge in [-0.1, -0.05) is 54.6 Å². The van der Waals surface area contributed by atoms with Crippen LogP contribution >= 0.6 is 23.2 Å². The number of aromatic hydroxyl groups is 1. The Bertz CT molecular complexity index is 1520. The molecule has 1 aliphatic heterocycles. The number of fused-ring (bicyclic) bond motifs is 1. The first-order valence-corrected chi connectivity index (χ1v) is 17.1. The van der Waals surface area contributed by atoms with Crippen LogP contribution in [-0.2, 0) is 32.0 Å². The van der Waals surface area contributed by atoms with Gasteiger partial charge in [0.05, 0.1) is 10.0 Å². The Morgan fingerprint density at radius 3 is 2.02 bits per heavy atom. The molecule has 1 saturated carbocycles. The van der Waals surface area contributed by atoms with E-state index in [1.807, 2.05) is 24.3 Å². The van der Waals surface area contributed by atoms with Crippen LogP contribution in [0.15, 0.2) is 30.3 Å². The highest BCUT2D eigenvalue weighted by Gasteiger charge is 2.39. The summed E-state index contributed by atoms with van der Waals surface area (Å²) < 4.78 is 69.0. The van der Waals surface area contributed by atoms with Gasteiger partial charge >= 0.3 is 24.3 Å². The minimum atomic E-state index is -5.08.